The second-order valence-corrected chi connectivity index (χ2v) is 5.42. The molecule has 0 saturated heterocycles. The Bertz CT molecular complexity index is 276. The molecule has 0 radical (unpaired) electrons. The summed E-state index contributed by atoms with van der Waals surface area (Å²) < 4.78 is 0. The molecule has 0 unspecified atom stereocenters. The third-order valence-electron chi connectivity index (χ3n) is 3.12. The minimum Gasteiger partial charge on any atom is -0.0958 e. The molecule has 0 aromatic heterocycles. The summed E-state index contributed by atoms with van der Waals surface area (Å²) in [7, 11) is 0. The summed E-state index contributed by atoms with van der Waals surface area (Å²) in [5, 5.41) is 0. The molecule has 0 aliphatic heterocycles. The minimum absolute atomic E-state index is 0.327. The fourth-order valence-electron chi connectivity index (χ4n) is 1.94. The average Bonchev–Trinajstić information content (AvgIpc) is 2.15. The van der Waals surface area contributed by atoms with Gasteiger partial charge in [0.2, 0.25) is 0 Å². The van der Waals surface area contributed by atoms with Crippen molar-refractivity contribution in [2.75, 3.05) is 0 Å². The van der Waals surface area contributed by atoms with Gasteiger partial charge in [-0.25, -0.2) is 0 Å². The van der Waals surface area contributed by atoms with Gasteiger partial charge in [-0.3, -0.25) is 0 Å². The first-order valence-corrected chi connectivity index (χ1v) is 6.02. The van der Waals surface area contributed by atoms with Gasteiger partial charge in [-0.05, 0) is 44.4 Å². The van der Waals surface area contributed by atoms with Crippen LogP contribution >= 0.6 is 0 Å². The van der Waals surface area contributed by atoms with Crippen LogP contribution in [-0.2, 0) is 0 Å². The summed E-state index contributed by atoms with van der Waals surface area (Å²) in [6, 6.07) is 0. The zero-order chi connectivity index (χ0) is 11.3. The molecule has 0 nitrogen and oxygen atoms in total. The van der Waals surface area contributed by atoms with Crippen LogP contribution in [0.25, 0.3) is 0 Å². The lowest BCUT2D eigenvalue weighted by atomic mass is 9.86. The highest BCUT2D eigenvalue weighted by atomic mass is 14.2. The molecule has 0 saturated carbocycles. The Morgan fingerprint density at radius 1 is 1.27 bits per heavy atom. The smallest absolute Gasteiger partial charge is 0.0172 e. The van der Waals surface area contributed by atoms with Gasteiger partial charge < -0.3 is 0 Å². The van der Waals surface area contributed by atoms with Crippen LogP contribution in [0.3, 0.4) is 0 Å². The monoisotopic (exact) mass is 204 g/mol. The van der Waals surface area contributed by atoms with Crippen molar-refractivity contribution in [3.63, 3.8) is 0 Å². The van der Waals surface area contributed by atoms with Crippen LogP contribution in [0.1, 0.15) is 52.9 Å². The Morgan fingerprint density at radius 3 is 2.73 bits per heavy atom. The van der Waals surface area contributed by atoms with Gasteiger partial charge in [-0.2, -0.15) is 0 Å². The van der Waals surface area contributed by atoms with Crippen molar-refractivity contribution < 1.29 is 0 Å². The molecule has 0 heteroatoms. The van der Waals surface area contributed by atoms with Crippen LogP contribution in [0.5, 0.6) is 0 Å². The highest BCUT2D eigenvalue weighted by Crippen LogP contribution is 2.27. The molecule has 0 atom stereocenters. The molecule has 1 aliphatic rings. The summed E-state index contributed by atoms with van der Waals surface area (Å²) in [6.45, 7) is 11.0. The van der Waals surface area contributed by atoms with Gasteiger partial charge >= 0.3 is 0 Å². The van der Waals surface area contributed by atoms with Crippen molar-refractivity contribution in [1.29, 1.82) is 0 Å². The average molecular weight is 204 g/mol. The van der Waals surface area contributed by atoms with Crippen molar-refractivity contribution in [3.8, 4) is 0 Å². The standard InChI is InChI=1S/C15H24/c1-13-7-5-8-14(2)10-12-15(3,4)11-6-9-13/h7,10,12H,2,5-6,8-9,11H2,1,3-4H3/b12-10-,13-7-. The second-order valence-electron chi connectivity index (χ2n) is 5.42. The maximum atomic E-state index is 4.09. The van der Waals surface area contributed by atoms with Crippen molar-refractivity contribution in [2.45, 2.75) is 52.9 Å². The largest absolute Gasteiger partial charge is 0.0958 e. The Kier molecular flexibility index (Phi) is 4.38. The number of hydrogen-bond acceptors (Lipinski definition) is 0. The third-order valence-corrected chi connectivity index (χ3v) is 3.12. The van der Waals surface area contributed by atoms with E-state index in [0.29, 0.717) is 5.41 Å². The Balaban J connectivity index is 2.71. The van der Waals surface area contributed by atoms with E-state index in [9.17, 15) is 0 Å². The minimum atomic E-state index is 0.327. The predicted octanol–water partition coefficient (Wildman–Crippen LogP) is 5.04. The molecule has 0 amide bonds. The van der Waals surface area contributed by atoms with Crippen LogP contribution in [0, 0.1) is 5.41 Å². The molecule has 1 rings (SSSR count). The van der Waals surface area contributed by atoms with E-state index in [1.165, 1.54) is 24.8 Å². The van der Waals surface area contributed by atoms with Gasteiger partial charge in [0, 0.05) is 0 Å². The molecule has 0 N–H and O–H groups in total. The van der Waals surface area contributed by atoms with Crippen molar-refractivity contribution in [1.82, 2.24) is 0 Å². The lowest BCUT2D eigenvalue weighted by Gasteiger charge is -2.20. The summed E-state index contributed by atoms with van der Waals surface area (Å²) in [5.74, 6) is 0. The van der Waals surface area contributed by atoms with E-state index in [4.69, 9.17) is 0 Å². The molecular formula is C15H24. The molecule has 0 heterocycles. The first-order valence-electron chi connectivity index (χ1n) is 6.02. The van der Waals surface area contributed by atoms with Gasteiger partial charge in [-0.1, -0.05) is 49.8 Å². The molecule has 0 bridgehead atoms. The molecular weight excluding hydrogens is 180 g/mol. The van der Waals surface area contributed by atoms with E-state index in [-0.39, 0.29) is 0 Å². The number of hydrogen-bond donors (Lipinski definition) is 0. The number of rotatable bonds is 0. The lowest BCUT2D eigenvalue weighted by molar-refractivity contribution is 0.421. The van der Waals surface area contributed by atoms with Crippen LogP contribution in [0.2, 0.25) is 0 Å². The first-order chi connectivity index (χ1) is 6.99. The van der Waals surface area contributed by atoms with Crippen molar-refractivity contribution in [3.05, 3.63) is 36.0 Å². The topological polar surface area (TPSA) is 0 Å². The molecule has 84 valence electrons. The maximum absolute atomic E-state index is 4.09. The Hall–Kier alpha value is -0.780. The Morgan fingerprint density at radius 2 is 2.00 bits per heavy atom. The van der Waals surface area contributed by atoms with E-state index in [1.54, 1.807) is 5.57 Å². The van der Waals surface area contributed by atoms with Crippen LogP contribution in [-0.4, -0.2) is 0 Å². The summed E-state index contributed by atoms with van der Waals surface area (Å²) in [4.78, 5) is 0. The van der Waals surface area contributed by atoms with E-state index >= 15 is 0 Å². The lowest BCUT2D eigenvalue weighted by Crippen LogP contribution is -2.06. The zero-order valence-electron chi connectivity index (χ0n) is 10.5. The van der Waals surface area contributed by atoms with Gasteiger partial charge in [0.15, 0.2) is 0 Å². The zero-order valence-corrected chi connectivity index (χ0v) is 10.5. The summed E-state index contributed by atoms with van der Waals surface area (Å²) in [6.07, 6.45) is 13.0. The predicted molar refractivity (Wildman–Crippen MR) is 68.9 cm³/mol. The molecule has 1 aliphatic carbocycles. The SMILES string of the molecule is C=C1/C=C\C(C)(C)CCC/C(C)=C\CC1. The normalized spacial score (nSPS) is 28.7. The highest BCUT2D eigenvalue weighted by Gasteiger charge is 2.13. The molecule has 0 spiro atoms. The third kappa shape index (κ3) is 5.01. The van der Waals surface area contributed by atoms with Crippen LogP contribution in [0.4, 0.5) is 0 Å². The van der Waals surface area contributed by atoms with E-state index in [1.807, 2.05) is 0 Å². The molecule has 0 fully saturated rings. The number of allylic oxidation sites excluding steroid dienone is 5. The van der Waals surface area contributed by atoms with Gasteiger partial charge in [0.25, 0.3) is 0 Å². The quantitative estimate of drug-likeness (QED) is 0.485. The first kappa shape index (κ1) is 12.3. The summed E-state index contributed by atoms with van der Waals surface area (Å²) in [5.41, 5.74) is 3.13. The van der Waals surface area contributed by atoms with Gasteiger partial charge in [0.05, 0.1) is 0 Å². The van der Waals surface area contributed by atoms with E-state index in [2.05, 4.69) is 45.6 Å². The Labute approximate surface area is 94.8 Å². The molecule has 15 heavy (non-hydrogen) atoms. The van der Waals surface area contributed by atoms with E-state index < -0.39 is 0 Å². The van der Waals surface area contributed by atoms with E-state index in [0.717, 1.165) is 12.8 Å². The van der Waals surface area contributed by atoms with Crippen molar-refractivity contribution in [2.24, 2.45) is 5.41 Å². The van der Waals surface area contributed by atoms with Crippen LogP contribution in [0.15, 0.2) is 36.0 Å². The fraction of sp³-hybridized carbons (Fsp3) is 0.600. The molecule has 0 aromatic rings. The second kappa shape index (κ2) is 5.34. The van der Waals surface area contributed by atoms with Gasteiger partial charge in [-0.15, -0.1) is 0 Å². The molecule has 0 aromatic carbocycles. The summed E-state index contributed by atoms with van der Waals surface area (Å²) >= 11 is 0. The maximum Gasteiger partial charge on any atom is -0.0172 e. The fourth-order valence-corrected chi connectivity index (χ4v) is 1.94. The van der Waals surface area contributed by atoms with Gasteiger partial charge in [0.1, 0.15) is 0 Å². The highest BCUT2D eigenvalue weighted by molar-refractivity contribution is 5.18. The van der Waals surface area contributed by atoms with Crippen LogP contribution < -0.4 is 0 Å². The van der Waals surface area contributed by atoms with Crippen molar-refractivity contribution >= 4 is 0 Å².